The molecule has 0 saturated carbocycles. The molecule has 0 aliphatic heterocycles. The van der Waals surface area contributed by atoms with Crippen LogP contribution in [0.5, 0.6) is 5.75 Å². The number of hydrogen-bond donors (Lipinski definition) is 1. The van der Waals surface area contributed by atoms with Gasteiger partial charge in [0.15, 0.2) is 0 Å². The number of nitrogens with one attached hydrogen (secondary N) is 1. The SMILES string of the molecule is COc1ccc(CC(=O)NCCCI)cc1. The number of hydrogen-bond acceptors (Lipinski definition) is 2. The van der Waals surface area contributed by atoms with Gasteiger partial charge in [-0.2, -0.15) is 0 Å². The molecular formula is C12H16INO2. The van der Waals surface area contributed by atoms with Gasteiger partial charge in [0.25, 0.3) is 0 Å². The van der Waals surface area contributed by atoms with Crippen LogP contribution in [-0.4, -0.2) is 24.0 Å². The standard InChI is InChI=1S/C12H16INO2/c1-16-11-5-3-10(4-6-11)9-12(15)14-8-2-7-13/h3-6H,2,7-9H2,1H3,(H,14,15). The van der Waals surface area contributed by atoms with E-state index in [-0.39, 0.29) is 5.91 Å². The lowest BCUT2D eigenvalue weighted by molar-refractivity contribution is -0.120. The van der Waals surface area contributed by atoms with Crippen molar-refractivity contribution in [1.82, 2.24) is 5.32 Å². The second-order valence-electron chi connectivity index (χ2n) is 3.42. The molecule has 1 N–H and O–H groups in total. The normalized spacial score (nSPS) is 9.88. The van der Waals surface area contributed by atoms with Crippen LogP contribution in [0.2, 0.25) is 0 Å². The van der Waals surface area contributed by atoms with E-state index in [2.05, 4.69) is 27.9 Å². The zero-order chi connectivity index (χ0) is 11.8. The fourth-order valence-electron chi connectivity index (χ4n) is 1.29. The van der Waals surface area contributed by atoms with E-state index < -0.39 is 0 Å². The van der Waals surface area contributed by atoms with Gasteiger partial charge >= 0.3 is 0 Å². The Hall–Kier alpha value is -0.780. The van der Waals surface area contributed by atoms with E-state index in [0.717, 1.165) is 28.7 Å². The van der Waals surface area contributed by atoms with Gasteiger partial charge < -0.3 is 10.1 Å². The van der Waals surface area contributed by atoms with Gasteiger partial charge in [0.05, 0.1) is 13.5 Å². The smallest absolute Gasteiger partial charge is 0.224 e. The van der Waals surface area contributed by atoms with Gasteiger partial charge in [-0.3, -0.25) is 4.79 Å². The van der Waals surface area contributed by atoms with E-state index in [0.29, 0.717) is 6.42 Å². The molecule has 0 aliphatic rings. The van der Waals surface area contributed by atoms with E-state index in [1.165, 1.54) is 0 Å². The molecule has 4 heteroatoms. The predicted molar refractivity (Wildman–Crippen MR) is 73.2 cm³/mol. The highest BCUT2D eigenvalue weighted by Gasteiger charge is 2.02. The number of halogens is 1. The molecular weight excluding hydrogens is 317 g/mol. The van der Waals surface area contributed by atoms with Crippen LogP contribution >= 0.6 is 22.6 Å². The molecule has 0 heterocycles. The molecule has 0 unspecified atom stereocenters. The maximum atomic E-state index is 11.5. The van der Waals surface area contributed by atoms with Crippen molar-refractivity contribution < 1.29 is 9.53 Å². The lowest BCUT2D eigenvalue weighted by Crippen LogP contribution is -2.26. The van der Waals surface area contributed by atoms with Gasteiger partial charge in [0.1, 0.15) is 5.75 Å². The predicted octanol–water partition coefficient (Wildman–Crippen LogP) is 2.18. The first-order valence-corrected chi connectivity index (χ1v) is 6.74. The Labute approximate surface area is 110 Å². The van der Waals surface area contributed by atoms with Crippen molar-refractivity contribution in [2.75, 3.05) is 18.1 Å². The third kappa shape index (κ3) is 4.83. The highest BCUT2D eigenvalue weighted by Crippen LogP contribution is 2.11. The highest BCUT2D eigenvalue weighted by atomic mass is 127. The minimum atomic E-state index is 0.0787. The molecule has 0 aromatic heterocycles. The van der Waals surface area contributed by atoms with Crippen LogP contribution in [0.1, 0.15) is 12.0 Å². The Bertz CT molecular complexity index is 324. The first kappa shape index (κ1) is 13.3. The van der Waals surface area contributed by atoms with E-state index in [1.807, 2.05) is 24.3 Å². The summed E-state index contributed by atoms with van der Waals surface area (Å²) < 4.78 is 6.12. The molecule has 0 aliphatic carbocycles. The molecule has 0 saturated heterocycles. The first-order chi connectivity index (χ1) is 7.76. The van der Waals surface area contributed by atoms with Crippen LogP contribution in [0.15, 0.2) is 24.3 Å². The highest BCUT2D eigenvalue weighted by molar-refractivity contribution is 14.1. The number of carbonyl (C=O) groups is 1. The molecule has 1 rings (SSSR count). The lowest BCUT2D eigenvalue weighted by Gasteiger charge is -2.05. The molecule has 3 nitrogen and oxygen atoms in total. The van der Waals surface area contributed by atoms with Crippen molar-refractivity contribution in [3.63, 3.8) is 0 Å². The van der Waals surface area contributed by atoms with Crippen molar-refractivity contribution in [3.8, 4) is 5.75 Å². The van der Waals surface area contributed by atoms with Gasteiger partial charge in [0, 0.05) is 11.0 Å². The number of carbonyl (C=O) groups excluding carboxylic acids is 1. The Morgan fingerprint density at radius 2 is 2.06 bits per heavy atom. The molecule has 0 fully saturated rings. The molecule has 0 atom stereocenters. The number of benzene rings is 1. The second kappa shape index (κ2) is 7.49. The Balaban J connectivity index is 2.37. The quantitative estimate of drug-likeness (QED) is 0.492. The van der Waals surface area contributed by atoms with E-state index in [4.69, 9.17) is 4.74 Å². The number of methoxy groups -OCH3 is 1. The Morgan fingerprint density at radius 1 is 1.38 bits per heavy atom. The molecule has 0 radical (unpaired) electrons. The molecule has 16 heavy (non-hydrogen) atoms. The molecule has 1 aromatic carbocycles. The number of rotatable bonds is 6. The van der Waals surface area contributed by atoms with Crippen LogP contribution < -0.4 is 10.1 Å². The summed E-state index contributed by atoms with van der Waals surface area (Å²) in [6, 6.07) is 7.56. The number of ether oxygens (including phenoxy) is 1. The second-order valence-corrected chi connectivity index (χ2v) is 4.50. The van der Waals surface area contributed by atoms with Gasteiger partial charge in [0.2, 0.25) is 5.91 Å². The molecule has 1 amide bonds. The van der Waals surface area contributed by atoms with Gasteiger partial charge in [-0.15, -0.1) is 0 Å². The summed E-state index contributed by atoms with van der Waals surface area (Å²) in [7, 11) is 1.63. The average molecular weight is 333 g/mol. The topological polar surface area (TPSA) is 38.3 Å². The van der Waals surface area contributed by atoms with Gasteiger partial charge in [-0.05, 0) is 24.1 Å². The summed E-state index contributed by atoms with van der Waals surface area (Å²) in [6.07, 6.45) is 1.46. The summed E-state index contributed by atoms with van der Waals surface area (Å²) in [5.74, 6) is 0.893. The lowest BCUT2D eigenvalue weighted by atomic mass is 10.1. The fraction of sp³-hybridized carbons (Fsp3) is 0.417. The third-order valence-electron chi connectivity index (χ3n) is 2.16. The van der Waals surface area contributed by atoms with Crippen molar-refractivity contribution in [1.29, 1.82) is 0 Å². The molecule has 88 valence electrons. The van der Waals surface area contributed by atoms with E-state index in [1.54, 1.807) is 7.11 Å². The van der Waals surface area contributed by atoms with Crippen molar-refractivity contribution in [3.05, 3.63) is 29.8 Å². The monoisotopic (exact) mass is 333 g/mol. The maximum Gasteiger partial charge on any atom is 0.224 e. The van der Waals surface area contributed by atoms with Crippen LogP contribution in [0.25, 0.3) is 0 Å². The summed E-state index contributed by atoms with van der Waals surface area (Å²) >= 11 is 2.30. The zero-order valence-electron chi connectivity index (χ0n) is 9.33. The zero-order valence-corrected chi connectivity index (χ0v) is 11.5. The fourth-order valence-corrected chi connectivity index (χ4v) is 1.67. The molecule has 1 aromatic rings. The van der Waals surface area contributed by atoms with E-state index >= 15 is 0 Å². The Kier molecular flexibility index (Phi) is 6.22. The van der Waals surface area contributed by atoms with Crippen LogP contribution in [0.3, 0.4) is 0 Å². The summed E-state index contributed by atoms with van der Waals surface area (Å²) in [5.41, 5.74) is 1.01. The average Bonchev–Trinajstić information content (AvgIpc) is 2.30. The van der Waals surface area contributed by atoms with Crippen LogP contribution in [-0.2, 0) is 11.2 Å². The minimum absolute atomic E-state index is 0.0787. The summed E-state index contributed by atoms with van der Waals surface area (Å²) in [5, 5.41) is 2.89. The molecule has 0 bridgehead atoms. The summed E-state index contributed by atoms with van der Waals surface area (Å²) in [6.45, 7) is 0.762. The Morgan fingerprint density at radius 3 is 2.62 bits per heavy atom. The van der Waals surface area contributed by atoms with Gasteiger partial charge in [-0.1, -0.05) is 34.7 Å². The number of amides is 1. The van der Waals surface area contributed by atoms with Gasteiger partial charge in [-0.25, -0.2) is 0 Å². The van der Waals surface area contributed by atoms with Crippen molar-refractivity contribution in [2.24, 2.45) is 0 Å². The van der Waals surface area contributed by atoms with Crippen LogP contribution in [0.4, 0.5) is 0 Å². The summed E-state index contributed by atoms with van der Waals surface area (Å²) in [4.78, 5) is 11.5. The third-order valence-corrected chi connectivity index (χ3v) is 2.92. The maximum absolute atomic E-state index is 11.5. The van der Waals surface area contributed by atoms with E-state index in [9.17, 15) is 4.79 Å². The van der Waals surface area contributed by atoms with Crippen LogP contribution in [0, 0.1) is 0 Å². The number of alkyl halides is 1. The largest absolute Gasteiger partial charge is 0.497 e. The van der Waals surface area contributed by atoms with Crippen molar-refractivity contribution >= 4 is 28.5 Å². The first-order valence-electron chi connectivity index (χ1n) is 5.22. The minimum Gasteiger partial charge on any atom is -0.497 e. The molecule has 0 spiro atoms. The van der Waals surface area contributed by atoms with Crippen molar-refractivity contribution in [2.45, 2.75) is 12.8 Å².